The van der Waals surface area contributed by atoms with Crippen LogP contribution in [0.15, 0.2) is 18.2 Å². The molecule has 1 atom stereocenters. The highest BCUT2D eigenvalue weighted by Gasteiger charge is 2.25. The quantitative estimate of drug-likeness (QED) is 0.822. The Bertz CT molecular complexity index is 846. The molecule has 6 nitrogen and oxygen atoms in total. The van der Waals surface area contributed by atoms with Crippen LogP contribution in [-0.2, 0) is 4.74 Å². The third-order valence-corrected chi connectivity index (χ3v) is 4.24. The van der Waals surface area contributed by atoms with E-state index in [1.54, 1.807) is 20.8 Å². The molecule has 0 bridgehead atoms. The van der Waals surface area contributed by atoms with Crippen molar-refractivity contribution in [2.24, 2.45) is 0 Å². The van der Waals surface area contributed by atoms with E-state index < -0.39 is 11.9 Å². The topological polar surface area (TPSA) is 81.2 Å². The summed E-state index contributed by atoms with van der Waals surface area (Å²) in [5.74, 6) is -1.12. The Morgan fingerprint density at radius 1 is 1.08 bits per heavy atom. The fraction of sp³-hybridized carbons (Fsp3) is 0.400. The molecule has 2 rings (SSSR count). The number of nitrogens with one attached hydrogen (secondary N) is 1. The number of esters is 1. The number of amides is 1. The minimum Gasteiger partial charge on any atom is -0.458 e. The molecule has 1 amide bonds. The molecule has 0 radical (unpaired) electrons. The highest BCUT2D eigenvalue weighted by atomic mass is 16.5. The van der Waals surface area contributed by atoms with Crippen LogP contribution in [0.4, 0.5) is 5.69 Å². The minimum absolute atomic E-state index is 0.0256. The number of aryl methyl sites for hydroxylation is 4. The first-order chi connectivity index (χ1) is 12.2. The molecule has 0 aliphatic rings. The zero-order valence-corrected chi connectivity index (χ0v) is 16.1. The smallest absolute Gasteiger partial charge is 0.359 e. The standard InChI is InChI=1S/C20H25N3O3/c1-7-13(4)26-20(25)18-17(21-14(5)15(6)22-18)19(24)23-16-10-11(2)8-9-12(16)3/h8-10,13H,7H2,1-6H3,(H,23,24). The van der Waals surface area contributed by atoms with E-state index in [1.165, 1.54) is 0 Å². The number of carbonyl (C=O) groups is 2. The van der Waals surface area contributed by atoms with Gasteiger partial charge in [-0.15, -0.1) is 0 Å². The molecule has 1 unspecified atom stereocenters. The first-order valence-electron chi connectivity index (χ1n) is 8.67. The average Bonchev–Trinajstić information content (AvgIpc) is 2.59. The molecule has 1 aromatic heterocycles. The summed E-state index contributed by atoms with van der Waals surface area (Å²) in [6.07, 6.45) is 0.412. The maximum absolute atomic E-state index is 12.8. The van der Waals surface area contributed by atoms with Gasteiger partial charge < -0.3 is 10.1 Å². The molecule has 1 heterocycles. The summed E-state index contributed by atoms with van der Waals surface area (Å²) in [6.45, 7) is 11.1. The number of rotatable bonds is 5. The van der Waals surface area contributed by atoms with E-state index in [2.05, 4.69) is 15.3 Å². The SMILES string of the molecule is CCC(C)OC(=O)c1nc(C)c(C)nc1C(=O)Nc1cc(C)ccc1C. The zero-order valence-electron chi connectivity index (χ0n) is 16.1. The molecule has 26 heavy (non-hydrogen) atoms. The summed E-state index contributed by atoms with van der Waals surface area (Å²) in [6, 6.07) is 5.77. The second kappa shape index (κ2) is 8.08. The third-order valence-electron chi connectivity index (χ3n) is 4.24. The van der Waals surface area contributed by atoms with Gasteiger partial charge in [0.25, 0.3) is 5.91 Å². The zero-order chi connectivity index (χ0) is 19.4. The summed E-state index contributed by atoms with van der Waals surface area (Å²) in [5.41, 5.74) is 3.72. The first-order valence-corrected chi connectivity index (χ1v) is 8.67. The molecule has 1 aromatic carbocycles. The second-order valence-corrected chi connectivity index (χ2v) is 6.49. The second-order valence-electron chi connectivity index (χ2n) is 6.49. The van der Waals surface area contributed by atoms with Gasteiger partial charge in [-0.2, -0.15) is 0 Å². The maximum atomic E-state index is 12.8. The molecular formula is C20H25N3O3. The van der Waals surface area contributed by atoms with E-state index in [-0.39, 0.29) is 17.5 Å². The summed E-state index contributed by atoms with van der Waals surface area (Å²) in [4.78, 5) is 33.8. The molecule has 138 valence electrons. The van der Waals surface area contributed by atoms with Crippen LogP contribution in [0, 0.1) is 27.7 Å². The fourth-order valence-electron chi connectivity index (χ4n) is 2.28. The summed E-state index contributed by atoms with van der Waals surface area (Å²) in [5, 5.41) is 2.83. The Hall–Kier alpha value is -2.76. The lowest BCUT2D eigenvalue weighted by molar-refractivity contribution is 0.0324. The Labute approximate surface area is 154 Å². The summed E-state index contributed by atoms with van der Waals surface area (Å²) >= 11 is 0. The first kappa shape index (κ1) is 19.6. The van der Waals surface area contributed by atoms with Gasteiger partial charge in [-0.1, -0.05) is 19.1 Å². The monoisotopic (exact) mass is 355 g/mol. The summed E-state index contributed by atoms with van der Waals surface area (Å²) in [7, 11) is 0. The van der Waals surface area contributed by atoms with E-state index in [9.17, 15) is 9.59 Å². The van der Waals surface area contributed by atoms with Gasteiger partial charge in [-0.3, -0.25) is 4.79 Å². The van der Waals surface area contributed by atoms with Gasteiger partial charge in [-0.25, -0.2) is 14.8 Å². The highest BCUT2D eigenvalue weighted by molar-refractivity contribution is 6.09. The largest absolute Gasteiger partial charge is 0.458 e. The van der Waals surface area contributed by atoms with Crippen LogP contribution >= 0.6 is 0 Å². The van der Waals surface area contributed by atoms with Crippen molar-refractivity contribution < 1.29 is 14.3 Å². The van der Waals surface area contributed by atoms with Crippen LogP contribution in [0.5, 0.6) is 0 Å². The van der Waals surface area contributed by atoms with Crippen molar-refractivity contribution in [3.8, 4) is 0 Å². The van der Waals surface area contributed by atoms with Gasteiger partial charge >= 0.3 is 5.97 Å². The van der Waals surface area contributed by atoms with Crippen LogP contribution in [0.2, 0.25) is 0 Å². The van der Waals surface area contributed by atoms with Gasteiger partial charge in [0.1, 0.15) is 0 Å². The lowest BCUT2D eigenvalue weighted by Crippen LogP contribution is -2.24. The number of ether oxygens (including phenoxy) is 1. The molecule has 1 N–H and O–H groups in total. The number of carbonyl (C=O) groups excluding carboxylic acids is 2. The average molecular weight is 355 g/mol. The number of benzene rings is 1. The number of nitrogens with zero attached hydrogens (tertiary/aromatic N) is 2. The Morgan fingerprint density at radius 3 is 2.31 bits per heavy atom. The normalized spacial score (nSPS) is 11.8. The molecule has 0 spiro atoms. The van der Waals surface area contributed by atoms with Crippen LogP contribution in [0.25, 0.3) is 0 Å². The van der Waals surface area contributed by atoms with Crippen molar-refractivity contribution in [1.29, 1.82) is 0 Å². The summed E-state index contributed by atoms with van der Waals surface area (Å²) < 4.78 is 5.34. The number of aromatic nitrogens is 2. The van der Waals surface area contributed by atoms with Crippen molar-refractivity contribution in [2.45, 2.75) is 54.1 Å². The van der Waals surface area contributed by atoms with Crippen LogP contribution < -0.4 is 5.32 Å². The van der Waals surface area contributed by atoms with Crippen molar-refractivity contribution in [3.63, 3.8) is 0 Å². The lowest BCUT2D eigenvalue weighted by atomic mass is 10.1. The van der Waals surface area contributed by atoms with E-state index in [1.807, 2.05) is 39.0 Å². The molecule has 0 aliphatic carbocycles. The van der Waals surface area contributed by atoms with E-state index in [0.717, 1.165) is 11.1 Å². The van der Waals surface area contributed by atoms with Crippen molar-refractivity contribution >= 4 is 17.6 Å². The molecule has 6 heteroatoms. The predicted molar refractivity (Wildman–Crippen MR) is 101 cm³/mol. The van der Waals surface area contributed by atoms with E-state index in [0.29, 0.717) is 23.5 Å². The molecule has 0 fully saturated rings. The number of hydrogen-bond acceptors (Lipinski definition) is 5. The molecular weight excluding hydrogens is 330 g/mol. The van der Waals surface area contributed by atoms with Crippen LogP contribution in [-0.4, -0.2) is 27.9 Å². The van der Waals surface area contributed by atoms with Gasteiger partial charge in [0, 0.05) is 5.69 Å². The van der Waals surface area contributed by atoms with Crippen LogP contribution in [0.3, 0.4) is 0 Å². The van der Waals surface area contributed by atoms with Crippen molar-refractivity contribution in [2.75, 3.05) is 5.32 Å². The third kappa shape index (κ3) is 4.45. The van der Waals surface area contributed by atoms with Gasteiger partial charge in [0.15, 0.2) is 11.4 Å². The minimum atomic E-state index is -0.638. The van der Waals surface area contributed by atoms with Crippen LogP contribution in [0.1, 0.15) is 63.8 Å². The van der Waals surface area contributed by atoms with Gasteiger partial charge in [0.2, 0.25) is 0 Å². The Balaban J connectivity index is 2.40. The van der Waals surface area contributed by atoms with E-state index >= 15 is 0 Å². The predicted octanol–water partition coefficient (Wildman–Crippen LogP) is 3.92. The van der Waals surface area contributed by atoms with Crippen molar-refractivity contribution in [3.05, 3.63) is 52.1 Å². The molecule has 0 saturated carbocycles. The molecule has 2 aromatic rings. The Morgan fingerprint density at radius 2 is 1.69 bits per heavy atom. The van der Waals surface area contributed by atoms with Gasteiger partial charge in [-0.05, 0) is 58.2 Å². The highest BCUT2D eigenvalue weighted by Crippen LogP contribution is 2.19. The fourth-order valence-corrected chi connectivity index (χ4v) is 2.28. The van der Waals surface area contributed by atoms with Gasteiger partial charge in [0.05, 0.1) is 17.5 Å². The van der Waals surface area contributed by atoms with Crippen molar-refractivity contribution in [1.82, 2.24) is 9.97 Å². The van der Waals surface area contributed by atoms with E-state index in [4.69, 9.17) is 4.74 Å². The number of anilines is 1. The lowest BCUT2D eigenvalue weighted by Gasteiger charge is -2.14. The number of hydrogen-bond donors (Lipinski definition) is 1. The molecule has 0 aliphatic heterocycles. The Kier molecular flexibility index (Phi) is 6.08. The molecule has 0 saturated heterocycles. The maximum Gasteiger partial charge on any atom is 0.359 e.